The van der Waals surface area contributed by atoms with Crippen LogP contribution >= 0.6 is 0 Å². The zero-order chi connectivity index (χ0) is 13.7. The van der Waals surface area contributed by atoms with Crippen LogP contribution < -0.4 is 5.73 Å². The van der Waals surface area contributed by atoms with Gasteiger partial charge in [-0.25, -0.2) is 4.79 Å². The molecule has 4 nitrogen and oxygen atoms in total. The van der Waals surface area contributed by atoms with Gasteiger partial charge in [0.25, 0.3) is 0 Å². The Bertz CT molecular complexity index is 434. The van der Waals surface area contributed by atoms with Crippen LogP contribution in [0.4, 0.5) is 0 Å². The van der Waals surface area contributed by atoms with Crippen molar-refractivity contribution in [3.63, 3.8) is 0 Å². The minimum atomic E-state index is -0.277. The van der Waals surface area contributed by atoms with E-state index >= 15 is 0 Å². The Morgan fingerprint density at radius 3 is 2.95 bits per heavy atom. The largest absolute Gasteiger partial charge is 0.462 e. The van der Waals surface area contributed by atoms with Crippen LogP contribution in [-0.2, 0) is 11.2 Å². The van der Waals surface area contributed by atoms with E-state index in [0.717, 1.165) is 25.0 Å². The van der Waals surface area contributed by atoms with Gasteiger partial charge in [0, 0.05) is 12.2 Å². The van der Waals surface area contributed by atoms with Crippen molar-refractivity contribution in [1.29, 1.82) is 0 Å². The first-order valence-corrected chi connectivity index (χ1v) is 7.09. The molecule has 0 bridgehead atoms. The highest BCUT2D eigenvalue weighted by molar-refractivity contribution is 5.90. The predicted octanol–water partition coefficient (Wildman–Crippen LogP) is 2.95. The first-order chi connectivity index (χ1) is 9.22. The maximum atomic E-state index is 11.8. The molecule has 4 heteroatoms. The normalized spacial score (nSPS) is 21.3. The summed E-state index contributed by atoms with van der Waals surface area (Å²) in [5, 5.41) is 0. The highest BCUT2D eigenvalue weighted by atomic mass is 16.5. The van der Waals surface area contributed by atoms with Crippen molar-refractivity contribution < 1.29 is 9.53 Å². The van der Waals surface area contributed by atoms with Gasteiger partial charge < -0.3 is 10.5 Å². The Kier molecular flexibility index (Phi) is 6.65. The monoisotopic (exact) mass is 278 g/mol. The SMILES string of the molecule is C.CCOC(=O)c1cccnc1CC[C@@H]1CCC[C@@H]1N. The van der Waals surface area contributed by atoms with Crippen LogP contribution in [0.1, 0.15) is 56.1 Å². The highest BCUT2D eigenvalue weighted by Gasteiger charge is 2.24. The van der Waals surface area contributed by atoms with Crippen LogP contribution in [0, 0.1) is 5.92 Å². The molecule has 2 atom stereocenters. The number of nitrogens with two attached hydrogens (primary N) is 1. The van der Waals surface area contributed by atoms with E-state index in [4.69, 9.17) is 10.5 Å². The van der Waals surface area contributed by atoms with Crippen LogP contribution in [0.25, 0.3) is 0 Å². The summed E-state index contributed by atoms with van der Waals surface area (Å²) >= 11 is 0. The molecule has 0 unspecified atom stereocenters. The minimum absolute atomic E-state index is 0. The van der Waals surface area contributed by atoms with Crippen molar-refractivity contribution in [2.75, 3.05) is 6.61 Å². The van der Waals surface area contributed by atoms with Gasteiger partial charge in [-0.2, -0.15) is 0 Å². The number of rotatable bonds is 5. The van der Waals surface area contributed by atoms with Gasteiger partial charge >= 0.3 is 5.97 Å². The van der Waals surface area contributed by atoms with E-state index in [0.29, 0.717) is 24.1 Å². The summed E-state index contributed by atoms with van der Waals surface area (Å²) in [5.74, 6) is 0.290. The number of nitrogens with zero attached hydrogens (tertiary/aromatic N) is 1. The first kappa shape index (κ1) is 16.6. The Balaban J connectivity index is 0.00000200. The molecule has 1 aromatic rings. The maximum absolute atomic E-state index is 11.8. The van der Waals surface area contributed by atoms with E-state index in [9.17, 15) is 4.79 Å². The summed E-state index contributed by atoms with van der Waals surface area (Å²) in [6.45, 7) is 2.20. The summed E-state index contributed by atoms with van der Waals surface area (Å²) in [4.78, 5) is 16.2. The zero-order valence-corrected chi connectivity index (χ0v) is 11.5. The molecule has 1 fully saturated rings. The number of carbonyl (C=O) groups excluding carboxylic acids is 1. The lowest BCUT2D eigenvalue weighted by Gasteiger charge is -2.15. The van der Waals surface area contributed by atoms with Gasteiger partial charge in [0.15, 0.2) is 0 Å². The molecule has 1 aromatic heterocycles. The lowest BCUT2D eigenvalue weighted by atomic mass is 9.96. The van der Waals surface area contributed by atoms with Crippen LogP contribution in [-0.4, -0.2) is 23.6 Å². The van der Waals surface area contributed by atoms with Gasteiger partial charge in [-0.1, -0.05) is 13.8 Å². The van der Waals surface area contributed by atoms with Crippen molar-refractivity contribution in [2.45, 2.75) is 52.5 Å². The van der Waals surface area contributed by atoms with Crippen molar-refractivity contribution in [3.05, 3.63) is 29.6 Å². The second kappa shape index (κ2) is 8.00. The van der Waals surface area contributed by atoms with Gasteiger partial charge in [-0.3, -0.25) is 4.98 Å². The standard InChI is InChI=1S/C15H22N2O2.CH4/c1-2-19-15(18)12-6-4-10-17-14(12)9-8-11-5-3-7-13(11)16;/h4,6,10-11,13H,2-3,5,7-9,16H2,1H3;1H4/t11-,13-;/m0./s1. The molecule has 0 amide bonds. The molecule has 2 rings (SSSR count). The van der Waals surface area contributed by atoms with Gasteiger partial charge in [-0.05, 0) is 50.7 Å². The lowest BCUT2D eigenvalue weighted by Crippen LogP contribution is -2.25. The molecule has 0 aromatic carbocycles. The molecule has 1 aliphatic carbocycles. The molecule has 0 aliphatic heterocycles. The number of aromatic nitrogens is 1. The van der Waals surface area contributed by atoms with Gasteiger partial charge in [0.1, 0.15) is 0 Å². The molecule has 1 heterocycles. The Morgan fingerprint density at radius 2 is 2.30 bits per heavy atom. The van der Waals surface area contributed by atoms with Crippen LogP contribution in [0.3, 0.4) is 0 Å². The molecule has 1 aliphatic rings. The first-order valence-electron chi connectivity index (χ1n) is 7.09. The highest BCUT2D eigenvalue weighted by Crippen LogP contribution is 2.28. The molecule has 112 valence electrons. The third-order valence-corrected chi connectivity index (χ3v) is 3.86. The van der Waals surface area contributed by atoms with Crippen LogP contribution in [0.15, 0.2) is 18.3 Å². The number of carbonyl (C=O) groups is 1. The molecule has 20 heavy (non-hydrogen) atoms. The van der Waals surface area contributed by atoms with Crippen molar-refractivity contribution in [3.8, 4) is 0 Å². The Hall–Kier alpha value is -1.42. The fraction of sp³-hybridized carbons (Fsp3) is 0.625. The van der Waals surface area contributed by atoms with E-state index in [-0.39, 0.29) is 13.4 Å². The molecular weight excluding hydrogens is 252 g/mol. The van der Waals surface area contributed by atoms with Crippen molar-refractivity contribution in [1.82, 2.24) is 4.98 Å². The average molecular weight is 278 g/mol. The average Bonchev–Trinajstić information content (AvgIpc) is 2.82. The van der Waals surface area contributed by atoms with Gasteiger partial charge in [-0.15, -0.1) is 0 Å². The van der Waals surface area contributed by atoms with Crippen LogP contribution in [0.5, 0.6) is 0 Å². The summed E-state index contributed by atoms with van der Waals surface area (Å²) in [5.41, 5.74) is 7.50. The van der Waals surface area contributed by atoms with Crippen LogP contribution in [0.2, 0.25) is 0 Å². The second-order valence-electron chi connectivity index (χ2n) is 5.11. The third-order valence-electron chi connectivity index (χ3n) is 3.86. The molecule has 0 radical (unpaired) electrons. The van der Waals surface area contributed by atoms with Gasteiger partial charge in [0.05, 0.1) is 17.9 Å². The lowest BCUT2D eigenvalue weighted by molar-refractivity contribution is 0.0524. The summed E-state index contributed by atoms with van der Waals surface area (Å²) in [7, 11) is 0. The number of ether oxygens (including phenoxy) is 1. The Morgan fingerprint density at radius 1 is 1.50 bits per heavy atom. The number of hydrogen-bond donors (Lipinski definition) is 1. The van der Waals surface area contributed by atoms with Crippen molar-refractivity contribution in [2.24, 2.45) is 11.7 Å². The number of pyridine rings is 1. The topological polar surface area (TPSA) is 65.2 Å². The smallest absolute Gasteiger partial charge is 0.339 e. The second-order valence-corrected chi connectivity index (χ2v) is 5.11. The molecule has 0 saturated heterocycles. The van der Waals surface area contributed by atoms with E-state index in [1.807, 2.05) is 6.92 Å². The fourth-order valence-corrected chi connectivity index (χ4v) is 2.78. The van der Waals surface area contributed by atoms with E-state index in [2.05, 4.69) is 4.98 Å². The zero-order valence-electron chi connectivity index (χ0n) is 11.5. The third kappa shape index (κ3) is 4.04. The molecule has 2 N–H and O–H groups in total. The molecule has 1 saturated carbocycles. The summed E-state index contributed by atoms with van der Waals surface area (Å²) < 4.78 is 5.06. The fourth-order valence-electron chi connectivity index (χ4n) is 2.78. The quantitative estimate of drug-likeness (QED) is 0.841. The number of aryl methyl sites for hydroxylation is 1. The van der Waals surface area contributed by atoms with E-state index in [1.54, 1.807) is 18.3 Å². The number of esters is 1. The molecule has 0 spiro atoms. The van der Waals surface area contributed by atoms with E-state index in [1.165, 1.54) is 12.8 Å². The molecular formula is C16H26N2O2. The maximum Gasteiger partial charge on any atom is 0.339 e. The summed E-state index contributed by atoms with van der Waals surface area (Å²) in [6, 6.07) is 3.88. The predicted molar refractivity (Wildman–Crippen MR) is 80.6 cm³/mol. The minimum Gasteiger partial charge on any atom is -0.462 e. The Labute approximate surface area is 121 Å². The summed E-state index contributed by atoms with van der Waals surface area (Å²) in [6.07, 6.45) is 7.07. The van der Waals surface area contributed by atoms with Gasteiger partial charge in [0.2, 0.25) is 0 Å². The van der Waals surface area contributed by atoms with Crippen molar-refractivity contribution >= 4 is 5.97 Å². The number of hydrogen-bond acceptors (Lipinski definition) is 4. The van der Waals surface area contributed by atoms with E-state index < -0.39 is 0 Å².